The topological polar surface area (TPSA) is 115 Å². The van der Waals surface area contributed by atoms with Crippen molar-refractivity contribution in [2.75, 3.05) is 19.0 Å². The first-order chi connectivity index (χ1) is 10.6. The molecule has 9 nitrogen and oxygen atoms in total. The molecule has 0 unspecified atom stereocenters. The van der Waals surface area contributed by atoms with E-state index in [4.69, 9.17) is 4.74 Å². The summed E-state index contributed by atoms with van der Waals surface area (Å²) in [5.74, 6) is -0.559. The van der Waals surface area contributed by atoms with Crippen LogP contribution in [0, 0.1) is 0 Å². The van der Waals surface area contributed by atoms with Gasteiger partial charge in [0.15, 0.2) is 5.16 Å². The predicted molar refractivity (Wildman–Crippen MR) is 77.7 cm³/mol. The Morgan fingerprint density at radius 2 is 2.41 bits per heavy atom. The predicted octanol–water partition coefficient (Wildman–Crippen LogP) is 0.115. The highest BCUT2D eigenvalue weighted by Crippen LogP contribution is 2.17. The minimum atomic E-state index is -0.785. The number of carbonyl (C=O) groups is 2. The molecule has 122 valence electrons. The Labute approximate surface area is 130 Å². The number of imide groups is 1. The van der Waals surface area contributed by atoms with E-state index in [0.29, 0.717) is 18.3 Å². The summed E-state index contributed by atoms with van der Waals surface area (Å²) in [7, 11) is 0. The second kappa shape index (κ2) is 7.99. The van der Waals surface area contributed by atoms with Gasteiger partial charge < -0.3 is 9.47 Å². The summed E-state index contributed by atoms with van der Waals surface area (Å²) in [6.45, 7) is 2.93. The molecule has 0 aromatic carbocycles. The van der Waals surface area contributed by atoms with Crippen molar-refractivity contribution in [2.24, 2.45) is 0 Å². The van der Waals surface area contributed by atoms with Gasteiger partial charge in [-0.1, -0.05) is 11.8 Å². The molecular formula is C12H18N4O5S. The fourth-order valence-electron chi connectivity index (χ4n) is 2.01. The quantitative estimate of drug-likeness (QED) is 0.712. The maximum absolute atomic E-state index is 11.7. The zero-order chi connectivity index (χ0) is 15.9. The summed E-state index contributed by atoms with van der Waals surface area (Å²) >= 11 is 1.06. The van der Waals surface area contributed by atoms with Crippen LogP contribution >= 0.6 is 11.8 Å². The van der Waals surface area contributed by atoms with Crippen LogP contribution in [0.25, 0.3) is 0 Å². The van der Waals surface area contributed by atoms with Crippen LogP contribution in [0.3, 0.4) is 0 Å². The highest BCUT2D eigenvalue weighted by Gasteiger charge is 2.20. The number of amides is 2. The number of aromatic amines is 1. The van der Waals surface area contributed by atoms with E-state index in [1.165, 1.54) is 4.57 Å². The fraction of sp³-hybridized carbons (Fsp3) is 0.667. The van der Waals surface area contributed by atoms with Crippen molar-refractivity contribution in [1.29, 1.82) is 0 Å². The van der Waals surface area contributed by atoms with Crippen molar-refractivity contribution in [3.8, 4) is 0 Å². The third kappa shape index (κ3) is 4.60. The van der Waals surface area contributed by atoms with Gasteiger partial charge >= 0.3 is 11.8 Å². The Balaban J connectivity index is 1.88. The van der Waals surface area contributed by atoms with E-state index in [1.807, 2.05) is 0 Å². The van der Waals surface area contributed by atoms with Crippen LogP contribution < -0.4 is 11.0 Å². The first-order valence-electron chi connectivity index (χ1n) is 6.96. The van der Waals surface area contributed by atoms with Gasteiger partial charge in [0, 0.05) is 6.61 Å². The molecule has 0 saturated carbocycles. The fourth-order valence-corrected chi connectivity index (χ4v) is 2.77. The van der Waals surface area contributed by atoms with E-state index < -0.39 is 12.0 Å². The van der Waals surface area contributed by atoms with Crippen LogP contribution in [-0.4, -0.2) is 51.8 Å². The number of nitrogens with one attached hydrogen (secondary N) is 2. The first-order valence-corrected chi connectivity index (χ1v) is 7.95. The summed E-state index contributed by atoms with van der Waals surface area (Å²) in [6.07, 6.45) is 1.07. The third-order valence-electron chi connectivity index (χ3n) is 2.98. The van der Waals surface area contributed by atoms with Crippen molar-refractivity contribution in [2.45, 2.75) is 37.6 Å². The molecule has 1 atom stereocenters. The summed E-state index contributed by atoms with van der Waals surface area (Å²) in [5.41, 5.74) is -0.344. The SMILES string of the molecule is CCOC(=O)NC(=O)CSc1n[nH]c(=O)n1C[C@@H]1CCCO1. The molecule has 0 aliphatic carbocycles. The van der Waals surface area contributed by atoms with E-state index in [1.54, 1.807) is 6.92 Å². The molecule has 0 spiro atoms. The number of nitrogens with zero attached hydrogens (tertiary/aromatic N) is 2. The normalized spacial score (nSPS) is 17.4. The molecule has 1 aromatic heterocycles. The number of ether oxygens (including phenoxy) is 2. The number of carbonyl (C=O) groups excluding carboxylic acids is 2. The Morgan fingerprint density at radius 3 is 3.09 bits per heavy atom. The molecule has 1 aliphatic rings. The summed E-state index contributed by atoms with van der Waals surface area (Å²) in [6, 6.07) is 0. The molecule has 2 N–H and O–H groups in total. The number of aromatic nitrogens is 3. The molecule has 1 aliphatic heterocycles. The number of H-pyrrole nitrogens is 1. The molecule has 1 saturated heterocycles. The van der Waals surface area contributed by atoms with Crippen molar-refractivity contribution in [3.05, 3.63) is 10.5 Å². The van der Waals surface area contributed by atoms with Crippen LogP contribution in [0.2, 0.25) is 0 Å². The van der Waals surface area contributed by atoms with Gasteiger partial charge in [-0.2, -0.15) is 0 Å². The lowest BCUT2D eigenvalue weighted by molar-refractivity contribution is -0.117. The second-order valence-corrected chi connectivity index (χ2v) is 5.56. The first kappa shape index (κ1) is 16.6. The van der Waals surface area contributed by atoms with E-state index in [2.05, 4.69) is 20.3 Å². The summed E-state index contributed by atoms with van der Waals surface area (Å²) < 4.78 is 11.5. The smallest absolute Gasteiger partial charge is 0.413 e. The highest BCUT2D eigenvalue weighted by molar-refractivity contribution is 7.99. The van der Waals surface area contributed by atoms with E-state index in [0.717, 1.165) is 24.6 Å². The minimum absolute atomic E-state index is 0.0111. The summed E-state index contributed by atoms with van der Waals surface area (Å²) in [5, 5.41) is 8.70. The standard InChI is InChI=1S/C12H18N4O5S/c1-2-20-12(19)13-9(17)7-22-11-15-14-10(18)16(11)6-8-4-3-5-21-8/h8H,2-7H2,1H3,(H,14,18)(H,13,17,19)/t8-/m0/s1. The molecule has 1 fully saturated rings. The lowest BCUT2D eigenvalue weighted by Gasteiger charge is -2.10. The molecule has 0 radical (unpaired) electrons. The largest absolute Gasteiger partial charge is 0.450 e. The van der Waals surface area contributed by atoms with Crippen molar-refractivity contribution in [3.63, 3.8) is 0 Å². The van der Waals surface area contributed by atoms with E-state index >= 15 is 0 Å². The highest BCUT2D eigenvalue weighted by atomic mass is 32.2. The number of hydrogen-bond donors (Lipinski definition) is 2. The van der Waals surface area contributed by atoms with Gasteiger partial charge in [0.05, 0.1) is 25.0 Å². The molecule has 2 rings (SSSR count). The van der Waals surface area contributed by atoms with Crippen LogP contribution in [0.4, 0.5) is 4.79 Å². The third-order valence-corrected chi connectivity index (χ3v) is 3.96. The van der Waals surface area contributed by atoms with Crippen LogP contribution in [0.1, 0.15) is 19.8 Å². The lowest BCUT2D eigenvalue weighted by atomic mass is 10.2. The molecule has 0 bridgehead atoms. The van der Waals surface area contributed by atoms with Gasteiger partial charge in [-0.05, 0) is 19.8 Å². The van der Waals surface area contributed by atoms with Gasteiger partial charge in [-0.25, -0.2) is 14.7 Å². The number of rotatable bonds is 6. The number of alkyl carbamates (subject to hydrolysis) is 1. The van der Waals surface area contributed by atoms with E-state index in [-0.39, 0.29) is 24.2 Å². The number of thioether (sulfide) groups is 1. The van der Waals surface area contributed by atoms with Gasteiger partial charge in [0.25, 0.3) is 0 Å². The van der Waals surface area contributed by atoms with Crippen LogP contribution in [0.15, 0.2) is 9.95 Å². The lowest BCUT2D eigenvalue weighted by Crippen LogP contribution is -2.32. The molecule has 10 heteroatoms. The van der Waals surface area contributed by atoms with Crippen molar-refractivity contribution in [1.82, 2.24) is 20.1 Å². The van der Waals surface area contributed by atoms with Gasteiger partial charge in [-0.3, -0.25) is 14.7 Å². The Kier molecular flexibility index (Phi) is 6.01. The maximum atomic E-state index is 11.7. The molecule has 1 aromatic rings. The van der Waals surface area contributed by atoms with E-state index in [9.17, 15) is 14.4 Å². The average molecular weight is 330 g/mol. The Hall–Kier alpha value is -1.81. The molecule has 2 amide bonds. The van der Waals surface area contributed by atoms with Gasteiger partial charge in [0.1, 0.15) is 0 Å². The molecule has 22 heavy (non-hydrogen) atoms. The van der Waals surface area contributed by atoms with Crippen molar-refractivity contribution >= 4 is 23.8 Å². The molecular weight excluding hydrogens is 312 g/mol. The minimum Gasteiger partial charge on any atom is -0.450 e. The zero-order valence-corrected chi connectivity index (χ0v) is 13.0. The van der Waals surface area contributed by atoms with Gasteiger partial charge in [-0.15, -0.1) is 5.10 Å². The van der Waals surface area contributed by atoms with Crippen molar-refractivity contribution < 1.29 is 19.1 Å². The summed E-state index contributed by atoms with van der Waals surface area (Å²) in [4.78, 5) is 34.4. The average Bonchev–Trinajstić information content (AvgIpc) is 3.09. The number of hydrogen-bond acceptors (Lipinski definition) is 7. The van der Waals surface area contributed by atoms with Crippen LogP contribution in [-0.2, 0) is 20.8 Å². The van der Waals surface area contributed by atoms with Crippen LogP contribution in [0.5, 0.6) is 0 Å². The Bertz CT molecular complexity index is 578. The zero-order valence-electron chi connectivity index (χ0n) is 12.2. The second-order valence-electron chi connectivity index (χ2n) is 4.61. The van der Waals surface area contributed by atoms with Gasteiger partial charge in [0.2, 0.25) is 5.91 Å². The monoisotopic (exact) mass is 330 g/mol. The molecule has 2 heterocycles. The maximum Gasteiger partial charge on any atom is 0.413 e. The Morgan fingerprint density at radius 1 is 1.59 bits per heavy atom.